The maximum Gasteiger partial charge on any atom is 0.237 e. The van der Waals surface area contributed by atoms with E-state index in [-0.39, 0.29) is 16.7 Å². The Morgan fingerprint density at radius 1 is 1.53 bits per heavy atom. The summed E-state index contributed by atoms with van der Waals surface area (Å²) in [5.74, 6) is -0.582. The van der Waals surface area contributed by atoms with Gasteiger partial charge in [-0.2, -0.15) is 0 Å². The lowest BCUT2D eigenvalue weighted by Gasteiger charge is -2.15. The Kier molecular flexibility index (Phi) is 2.87. The van der Waals surface area contributed by atoms with Crippen molar-refractivity contribution in [1.29, 1.82) is 0 Å². The molecule has 0 radical (unpaired) electrons. The van der Waals surface area contributed by atoms with E-state index in [1.54, 1.807) is 19.1 Å². The molecule has 0 aromatic heterocycles. The summed E-state index contributed by atoms with van der Waals surface area (Å²) in [6, 6.07) is 4.57. The van der Waals surface area contributed by atoms with Crippen LogP contribution in [-0.2, 0) is 4.79 Å². The molecule has 1 amide bonds. The zero-order valence-electron chi connectivity index (χ0n) is 9.42. The summed E-state index contributed by atoms with van der Waals surface area (Å²) in [6.45, 7) is 1.62. The predicted molar refractivity (Wildman–Crippen MR) is 68.2 cm³/mol. The Balaban J connectivity index is 2.20. The van der Waals surface area contributed by atoms with E-state index in [2.05, 4.69) is 5.32 Å². The van der Waals surface area contributed by atoms with E-state index in [1.807, 2.05) is 0 Å². The number of halogens is 1. The number of rotatable bonds is 3. The van der Waals surface area contributed by atoms with E-state index in [0.29, 0.717) is 24.1 Å². The number of hydrogen-bond acceptors (Lipinski definition) is 2. The smallest absolute Gasteiger partial charge is 0.237 e. The fraction of sp³-hybridized carbons (Fsp3) is 0.333. The molecule has 1 aliphatic rings. The molecule has 0 unspecified atom stereocenters. The number of nitrogens with two attached hydrogens (primary N) is 1. The van der Waals surface area contributed by atoms with Crippen molar-refractivity contribution < 1.29 is 9.18 Å². The average molecular weight is 252 g/mol. The highest BCUT2D eigenvalue weighted by atomic mass is 32.1. The first kappa shape index (κ1) is 12.0. The lowest BCUT2D eigenvalue weighted by molar-refractivity contribution is -0.118. The number of amides is 1. The van der Waals surface area contributed by atoms with Gasteiger partial charge in [-0.1, -0.05) is 18.3 Å². The highest BCUT2D eigenvalue weighted by Crippen LogP contribution is 2.46. The van der Waals surface area contributed by atoms with Gasteiger partial charge in [0.15, 0.2) is 0 Å². The van der Waals surface area contributed by atoms with Crippen molar-refractivity contribution in [3.63, 3.8) is 0 Å². The normalized spacial score (nSPS) is 16.4. The lowest BCUT2D eigenvalue weighted by Crippen LogP contribution is -2.35. The SMILES string of the molecule is Cc1c(F)cccc1NC(=O)C1(C(N)=S)CC1. The van der Waals surface area contributed by atoms with Crippen molar-refractivity contribution in [2.45, 2.75) is 19.8 Å². The zero-order valence-corrected chi connectivity index (χ0v) is 10.2. The lowest BCUT2D eigenvalue weighted by atomic mass is 10.1. The number of nitrogens with one attached hydrogen (secondary N) is 1. The van der Waals surface area contributed by atoms with Gasteiger partial charge in [-0.25, -0.2) is 4.39 Å². The van der Waals surface area contributed by atoms with E-state index in [9.17, 15) is 9.18 Å². The van der Waals surface area contributed by atoms with Crippen molar-refractivity contribution in [2.75, 3.05) is 5.32 Å². The van der Waals surface area contributed by atoms with Crippen LogP contribution in [0.25, 0.3) is 0 Å². The zero-order chi connectivity index (χ0) is 12.6. The summed E-state index contributed by atoms with van der Waals surface area (Å²) < 4.78 is 13.3. The van der Waals surface area contributed by atoms with Crippen LogP contribution in [0.4, 0.5) is 10.1 Å². The summed E-state index contributed by atoms with van der Waals surface area (Å²) in [5.41, 5.74) is 5.72. The second-order valence-electron chi connectivity index (χ2n) is 4.31. The quantitative estimate of drug-likeness (QED) is 0.810. The molecule has 0 aliphatic heterocycles. The molecule has 1 aromatic carbocycles. The molecule has 3 N–H and O–H groups in total. The Labute approximate surface area is 104 Å². The van der Waals surface area contributed by atoms with Crippen LogP contribution in [0.2, 0.25) is 0 Å². The molecule has 0 atom stereocenters. The molecular weight excluding hydrogens is 239 g/mol. The highest BCUT2D eigenvalue weighted by molar-refractivity contribution is 7.80. The van der Waals surface area contributed by atoms with Crippen molar-refractivity contribution >= 4 is 28.8 Å². The first-order chi connectivity index (χ1) is 7.97. The third-order valence-corrected chi connectivity index (χ3v) is 3.56. The summed E-state index contributed by atoms with van der Waals surface area (Å²) in [6.07, 6.45) is 1.34. The van der Waals surface area contributed by atoms with Gasteiger partial charge in [0.1, 0.15) is 5.82 Å². The van der Waals surface area contributed by atoms with Crippen LogP contribution < -0.4 is 11.1 Å². The van der Waals surface area contributed by atoms with E-state index in [0.717, 1.165) is 0 Å². The Hall–Kier alpha value is -1.49. The first-order valence-electron chi connectivity index (χ1n) is 5.34. The Morgan fingerprint density at radius 3 is 2.71 bits per heavy atom. The first-order valence-corrected chi connectivity index (χ1v) is 5.75. The third-order valence-electron chi connectivity index (χ3n) is 3.17. The van der Waals surface area contributed by atoms with Gasteiger partial charge >= 0.3 is 0 Å². The molecule has 0 bridgehead atoms. The molecule has 0 heterocycles. The summed E-state index contributed by atoms with van der Waals surface area (Å²) in [7, 11) is 0. The van der Waals surface area contributed by atoms with Crippen molar-refractivity contribution in [3.8, 4) is 0 Å². The number of hydrogen-bond donors (Lipinski definition) is 2. The minimum absolute atomic E-state index is 0.212. The number of carbonyl (C=O) groups is 1. The van der Waals surface area contributed by atoms with Gasteiger partial charge in [0.05, 0.1) is 10.4 Å². The number of thiocarbonyl (C=S) groups is 1. The third kappa shape index (κ3) is 2.02. The molecule has 1 fully saturated rings. The van der Waals surface area contributed by atoms with Crippen molar-refractivity contribution in [3.05, 3.63) is 29.6 Å². The van der Waals surface area contributed by atoms with Gasteiger partial charge in [0, 0.05) is 11.3 Å². The van der Waals surface area contributed by atoms with E-state index >= 15 is 0 Å². The van der Waals surface area contributed by atoms with Gasteiger partial charge in [0.25, 0.3) is 0 Å². The fourth-order valence-electron chi connectivity index (χ4n) is 1.70. The largest absolute Gasteiger partial charge is 0.392 e. The molecule has 1 saturated carbocycles. The summed E-state index contributed by atoms with van der Waals surface area (Å²) in [4.78, 5) is 12.2. The Bertz CT molecular complexity index is 497. The second-order valence-corrected chi connectivity index (χ2v) is 4.75. The molecule has 0 spiro atoms. The van der Waals surface area contributed by atoms with Gasteiger partial charge in [0.2, 0.25) is 5.91 Å². The average Bonchev–Trinajstić information content (AvgIpc) is 3.05. The molecule has 90 valence electrons. The molecular formula is C12H13FN2OS. The Morgan fingerprint density at radius 2 is 2.18 bits per heavy atom. The number of benzene rings is 1. The van der Waals surface area contributed by atoms with Gasteiger partial charge in [-0.15, -0.1) is 0 Å². The van der Waals surface area contributed by atoms with Crippen LogP contribution in [0.5, 0.6) is 0 Å². The van der Waals surface area contributed by atoms with Crippen LogP contribution >= 0.6 is 12.2 Å². The van der Waals surface area contributed by atoms with Gasteiger partial charge in [-0.3, -0.25) is 4.79 Å². The van der Waals surface area contributed by atoms with Crippen LogP contribution in [-0.4, -0.2) is 10.9 Å². The summed E-state index contributed by atoms with van der Waals surface area (Å²) in [5, 5.41) is 2.69. The number of anilines is 1. The minimum atomic E-state index is -0.714. The maximum atomic E-state index is 13.3. The maximum absolute atomic E-state index is 13.3. The monoisotopic (exact) mass is 252 g/mol. The highest BCUT2D eigenvalue weighted by Gasteiger charge is 2.52. The molecule has 17 heavy (non-hydrogen) atoms. The van der Waals surface area contributed by atoms with Gasteiger partial charge < -0.3 is 11.1 Å². The van der Waals surface area contributed by atoms with E-state index < -0.39 is 5.41 Å². The standard InChI is InChI=1S/C12H13FN2OS/c1-7-8(13)3-2-4-9(7)15-11(16)12(5-6-12)10(14)17/h2-4H,5-6H2,1H3,(H2,14,17)(H,15,16). The molecule has 1 aliphatic carbocycles. The van der Waals surface area contributed by atoms with Crippen LogP contribution in [0.1, 0.15) is 18.4 Å². The molecule has 3 nitrogen and oxygen atoms in total. The second kappa shape index (κ2) is 4.07. The van der Waals surface area contributed by atoms with Crippen LogP contribution in [0, 0.1) is 18.2 Å². The minimum Gasteiger partial charge on any atom is -0.392 e. The van der Waals surface area contributed by atoms with Gasteiger partial charge in [-0.05, 0) is 31.9 Å². The fourth-order valence-corrected chi connectivity index (χ4v) is 1.99. The van der Waals surface area contributed by atoms with E-state index in [1.165, 1.54) is 6.07 Å². The topological polar surface area (TPSA) is 55.1 Å². The molecule has 1 aromatic rings. The predicted octanol–water partition coefficient (Wildman–Crippen LogP) is 2.14. The van der Waals surface area contributed by atoms with Crippen LogP contribution in [0.3, 0.4) is 0 Å². The summed E-state index contributed by atoms with van der Waals surface area (Å²) >= 11 is 4.89. The van der Waals surface area contributed by atoms with Crippen LogP contribution in [0.15, 0.2) is 18.2 Å². The number of carbonyl (C=O) groups excluding carboxylic acids is 1. The molecule has 0 saturated heterocycles. The van der Waals surface area contributed by atoms with Crippen molar-refractivity contribution in [1.82, 2.24) is 0 Å². The molecule has 5 heteroatoms. The van der Waals surface area contributed by atoms with Crippen molar-refractivity contribution in [2.24, 2.45) is 11.1 Å². The van der Waals surface area contributed by atoms with E-state index in [4.69, 9.17) is 18.0 Å². The molecule has 2 rings (SSSR count).